The van der Waals surface area contributed by atoms with Gasteiger partial charge in [0.05, 0.1) is 6.61 Å². The van der Waals surface area contributed by atoms with Crippen LogP contribution in [0.25, 0.3) is 0 Å². The Morgan fingerprint density at radius 1 is 1.67 bits per heavy atom. The normalized spacial score (nSPS) is 26.3. The highest BCUT2D eigenvalue weighted by Gasteiger charge is 2.26. The molecule has 4 heteroatoms. The van der Waals surface area contributed by atoms with E-state index in [1.54, 1.807) is 4.90 Å². The van der Waals surface area contributed by atoms with Gasteiger partial charge in [-0.05, 0) is 13.0 Å². The molecule has 1 atom stereocenters. The average molecular weight is 208 g/mol. The second kappa shape index (κ2) is 4.59. The molecule has 0 radical (unpaired) electrons. The van der Waals surface area contributed by atoms with Gasteiger partial charge < -0.3 is 15.0 Å². The van der Waals surface area contributed by atoms with Crippen LogP contribution in [0.1, 0.15) is 6.92 Å². The summed E-state index contributed by atoms with van der Waals surface area (Å²) in [4.78, 5) is 13.7. The van der Waals surface area contributed by atoms with Crippen molar-refractivity contribution in [3.63, 3.8) is 0 Å². The fraction of sp³-hybridized carbons (Fsp3) is 0.545. The van der Waals surface area contributed by atoms with Crippen molar-refractivity contribution in [2.24, 2.45) is 0 Å². The predicted octanol–water partition coefficient (Wildman–Crippen LogP) is 0.277. The molecule has 0 spiro atoms. The molecule has 0 aromatic carbocycles. The molecule has 1 saturated heterocycles. The van der Waals surface area contributed by atoms with E-state index in [0.717, 1.165) is 6.54 Å². The molecule has 1 N–H and O–H groups in total. The quantitative estimate of drug-likeness (QED) is 0.673. The van der Waals surface area contributed by atoms with Gasteiger partial charge in [0, 0.05) is 25.8 Å². The van der Waals surface area contributed by atoms with Gasteiger partial charge >= 0.3 is 0 Å². The summed E-state index contributed by atoms with van der Waals surface area (Å²) in [5.41, 5.74) is 1.19. The molecule has 0 aromatic rings. The number of ether oxygens (including phenoxy) is 1. The summed E-state index contributed by atoms with van der Waals surface area (Å²) in [6.07, 6.45) is 5.40. The molecule has 2 heterocycles. The molecule has 1 amide bonds. The Hall–Kier alpha value is -1.13. The first-order valence-electron chi connectivity index (χ1n) is 5.24. The van der Waals surface area contributed by atoms with Crippen molar-refractivity contribution >= 4 is 5.91 Å². The van der Waals surface area contributed by atoms with Gasteiger partial charge in [-0.25, -0.2) is 0 Å². The van der Waals surface area contributed by atoms with Crippen LogP contribution in [0.15, 0.2) is 23.9 Å². The van der Waals surface area contributed by atoms with E-state index >= 15 is 0 Å². The van der Waals surface area contributed by atoms with E-state index in [4.69, 9.17) is 4.74 Å². The van der Waals surface area contributed by atoms with Crippen LogP contribution in [-0.2, 0) is 9.53 Å². The first-order chi connectivity index (χ1) is 7.27. The van der Waals surface area contributed by atoms with Crippen molar-refractivity contribution in [2.45, 2.75) is 13.0 Å². The maximum atomic E-state index is 12.0. The number of hydrogen-bond donors (Lipinski definition) is 1. The third-order valence-corrected chi connectivity index (χ3v) is 2.55. The maximum Gasteiger partial charge on any atom is 0.257 e. The largest absolute Gasteiger partial charge is 0.366 e. The van der Waals surface area contributed by atoms with E-state index in [2.05, 4.69) is 5.32 Å². The molecule has 15 heavy (non-hydrogen) atoms. The molecule has 2 aliphatic heterocycles. The molecule has 4 nitrogen and oxygen atoms in total. The first kappa shape index (κ1) is 10.4. The first-order valence-corrected chi connectivity index (χ1v) is 5.24. The van der Waals surface area contributed by atoms with Gasteiger partial charge in [-0.3, -0.25) is 4.79 Å². The molecule has 0 saturated carbocycles. The van der Waals surface area contributed by atoms with Crippen LogP contribution < -0.4 is 5.32 Å². The van der Waals surface area contributed by atoms with E-state index in [9.17, 15) is 4.79 Å². The van der Waals surface area contributed by atoms with Crippen LogP contribution in [0.5, 0.6) is 0 Å². The average Bonchev–Trinajstić information content (AvgIpc) is 2.29. The molecule has 0 aliphatic carbocycles. The lowest BCUT2D eigenvalue weighted by atomic mass is 10.2. The summed E-state index contributed by atoms with van der Waals surface area (Å²) in [6.45, 7) is 4.76. The Balaban J connectivity index is 1.95. The number of nitrogens with one attached hydrogen (secondary N) is 1. The van der Waals surface area contributed by atoms with Gasteiger partial charge in [0.2, 0.25) is 0 Å². The van der Waals surface area contributed by atoms with Crippen LogP contribution in [0, 0.1) is 0 Å². The van der Waals surface area contributed by atoms with E-state index in [-0.39, 0.29) is 12.0 Å². The second-order valence-corrected chi connectivity index (χ2v) is 3.88. The zero-order valence-corrected chi connectivity index (χ0v) is 8.90. The molecular weight excluding hydrogens is 192 g/mol. The second-order valence-electron chi connectivity index (χ2n) is 3.88. The highest BCUT2D eigenvalue weighted by molar-refractivity contribution is 5.82. The summed E-state index contributed by atoms with van der Waals surface area (Å²) in [6, 6.07) is 0. The van der Waals surface area contributed by atoms with Crippen LogP contribution >= 0.6 is 0 Å². The summed E-state index contributed by atoms with van der Waals surface area (Å²) in [7, 11) is 0. The molecule has 82 valence electrons. The number of allylic oxidation sites excluding steroid dienone is 2. The lowest BCUT2D eigenvalue weighted by Crippen LogP contribution is -2.48. The molecular formula is C11H16N2O2. The van der Waals surface area contributed by atoms with Crippen LogP contribution in [0.4, 0.5) is 0 Å². The molecule has 1 fully saturated rings. The minimum atomic E-state index is -0.325. The lowest BCUT2D eigenvalue weighted by molar-refractivity contribution is -0.142. The van der Waals surface area contributed by atoms with Crippen molar-refractivity contribution in [1.82, 2.24) is 10.2 Å². The van der Waals surface area contributed by atoms with Crippen molar-refractivity contribution in [3.8, 4) is 0 Å². The van der Waals surface area contributed by atoms with Gasteiger partial charge in [0.25, 0.3) is 5.91 Å². The number of rotatable bonds is 1. The molecule has 2 rings (SSSR count). The number of morpholine rings is 1. The predicted molar refractivity (Wildman–Crippen MR) is 57.2 cm³/mol. The van der Waals surface area contributed by atoms with Gasteiger partial charge in [-0.15, -0.1) is 0 Å². The van der Waals surface area contributed by atoms with Crippen molar-refractivity contribution in [3.05, 3.63) is 23.9 Å². The summed E-state index contributed by atoms with van der Waals surface area (Å²) in [5, 5.41) is 3.15. The topological polar surface area (TPSA) is 41.6 Å². The van der Waals surface area contributed by atoms with Crippen molar-refractivity contribution in [1.29, 1.82) is 0 Å². The molecule has 2 aliphatic rings. The Labute approximate surface area is 89.6 Å². The van der Waals surface area contributed by atoms with E-state index < -0.39 is 0 Å². The summed E-state index contributed by atoms with van der Waals surface area (Å²) >= 11 is 0. The Morgan fingerprint density at radius 2 is 2.53 bits per heavy atom. The summed E-state index contributed by atoms with van der Waals surface area (Å²) < 4.78 is 5.42. The van der Waals surface area contributed by atoms with Crippen LogP contribution in [-0.4, -0.2) is 43.2 Å². The Morgan fingerprint density at radius 3 is 3.20 bits per heavy atom. The highest BCUT2D eigenvalue weighted by atomic mass is 16.5. The minimum Gasteiger partial charge on any atom is -0.366 e. The van der Waals surface area contributed by atoms with E-state index in [1.807, 2.05) is 25.3 Å². The van der Waals surface area contributed by atoms with E-state index in [1.165, 1.54) is 5.57 Å². The Bertz CT molecular complexity index is 304. The van der Waals surface area contributed by atoms with Crippen LogP contribution in [0.3, 0.4) is 0 Å². The van der Waals surface area contributed by atoms with Gasteiger partial charge in [0.1, 0.15) is 6.10 Å². The number of amides is 1. The standard InChI is InChI=1S/C11H16N2O2/c1-9-3-2-5-13(8-9)11(14)10-7-12-4-6-15-10/h2-3,5,10,12H,4,6-8H2,1H3. The van der Waals surface area contributed by atoms with Crippen molar-refractivity contribution in [2.75, 3.05) is 26.2 Å². The maximum absolute atomic E-state index is 12.0. The number of hydrogen-bond acceptors (Lipinski definition) is 3. The smallest absolute Gasteiger partial charge is 0.257 e. The zero-order valence-electron chi connectivity index (χ0n) is 8.90. The van der Waals surface area contributed by atoms with Crippen LogP contribution in [0.2, 0.25) is 0 Å². The SMILES string of the molecule is CC1=CC=CN(C(=O)C2CNCCO2)C1. The zero-order chi connectivity index (χ0) is 10.7. The van der Waals surface area contributed by atoms with E-state index in [0.29, 0.717) is 19.7 Å². The fourth-order valence-corrected chi connectivity index (χ4v) is 1.75. The van der Waals surface area contributed by atoms with Crippen molar-refractivity contribution < 1.29 is 9.53 Å². The number of carbonyl (C=O) groups is 1. The van der Waals surface area contributed by atoms with Gasteiger partial charge in [0.15, 0.2) is 0 Å². The lowest BCUT2D eigenvalue weighted by Gasteiger charge is -2.28. The van der Waals surface area contributed by atoms with Gasteiger partial charge in [-0.2, -0.15) is 0 Å². The minimum absolute atomic E-state index is 0.0471. The highest BCUT2D eigenvalue weighted by Crippen LogP contribution is 2.10. The Kier molecular flexibility index (Phi) is 3.18. The summed E-state index contributed by atoms with van der Waals surface area (Å²) in [5.74, 6) is 0.0471. The fourth-order valence-electron chi connectivity index (χ4n) is 1.75. The molecule has 0 bridgehead atoms. The third-order valence-electron chi connectivity index (χ3n) is 2.55. The monoisotopic (exact) mass is 208 g/mol. The third kappa shape index (κ3) is 2.46. The number of carbonyl (C=O) groups excluding carboxylic acids is 1. The van der Waals surface area contributed by atoms with Gasteiger partial charge in [-0.1, -0.05) is 11.6 Å². The molecule has 0 aromatic heterocycles. The number of nitrogens with zero attached hydrogens (tertiary/aromatic N) is 1. The molecule has 1 unspecified atom stereocenters.